The molecule has 11 heteroatoms. The number of rotatable bonds is 0. The highest BCUT2D eigenvalue weighted by Crippen LogP contribution is 2.45. The zero-order valence-electron chi connectivity index (χ0n) is 23.1. The first kappa shape index (κ1) is 28.5. The van der Waals surface area contributed by atoms with Gasteiger partial charge < -0.3 is 24.2 Å². The van der Waals surface area contributed by atoms with Gasteiger partial charge in [-0.05, 0) is 80.0 Å². The maximum absolute atomic E-state index is 13.4. The number of hydrogen-bond acceptors (Lipinski definition) is 8. The molecule has 1 spiro atoms. The minimum Gasteiger partial charge on any atom is -0.490 e. The lowest BCUT2D eigenvalue weighted by Crippen LogP contribution is -2.51. The molecule has 3 heterocycles. The highest BCUT2D eigenvalue weighted by atomic mass is 35.5. The van der Waals surface area contributed by atoms with Crippen LogP contribution in [0.4, 0.5) is 5.69 Å². The molecular weight excluding hydrogens is 568 g/mol. The Morgan fingerprint density at radius 3 is 2.73 bits per heavy atom. The van der Waals surface area contributed by atoms with Crippen LogP contribution >= 0.6 is 11.6 Å². The summed E-state index contributed by atoms with van der Waals surface area (Å²) >= 11 is 6.31. The number of nitrogens with one attached hydrogen (secondary N) is 1. The van der Waals surface area contributed by atoms with Crippen LogP contribution in [0.5, 0.6) is 5.75 Å². The van der Waals surface area contributed by atoms with Gasteiger partial charge in [-0.1, -0.05) is 29.8 Å². The van der Waals surface area contributed by atoms with E-state index in [2.05, 4.69) is 9.62 Å². The van der Waals surface area contributed by atoms with Crippen LogP contribution in [-0.2, 0) is 36.3 Å². The molecule has 9 nitrogen and oxygen atoms in total. The van der Waals surface area contributed by atoms with Crippen LogP contribution in [0, 0.1) is 11.8 Å². The van der Waals surface area contributed by atoms with Crippen molar-refractivity contribution in [2.24, 2.45) is 11.8 Å². The standard InChI is InChI=1S/C30H35ClN2O7S/c1-29(2)28(35)32-41(36,37)22-7-10-27-25(13-22)33(14-19-5-8-23(19)26(34)4-3-11-40-29)16-30(18-39-27)17-38-15-20-12-21(31)6-9-24(20)30/h3-4,6-7,9-10,12-13,19,23,26,34H,5,8,11,14-18H2,1-2H3,(H,32,35)/b4-3-/t19-,23+,26-,30+/m0/s1. The number of fused-ring (bicyclic) bond motifs is 4. The van der Waals surface area contributed by atoms with Crippen molar-refractivity contribution in [2.75, 3.05) is 37.8 Å². The Hall–Kier alpha value is -2.63. The fourth-order valence-electron chi connectivity index (χ4n) is 6.31. The van der Waals surface area contributed by atoms with Crippen LogP contribution in [0.3, 0.4) is 0 Å². The molecule has 220 valence electrons. The lowest BCUT2D eigenvalue weighted by molar-refractivity contribution is -0.139. The van der Waals surface area contributed by atoms with Gasteiger partial charge in [0.2, 0.25) is 0 Å². The van der Waals surface area contributed by atoms with E-state index in [1.165, 1.54) is 19.9 Å². The molecule has 41 heavy (non-hydrogen) atoms. The molecular formula is C30H35ClN2O7S. The van der Waals surface area contributed by atoms with Crippen LogP contribution in [-0.4, -0.2) is 64.0 Å². The summed E-state index contributed by atoms with van der Waals surface area (Å²) < 4.78 is 47.1. The van der Waals surface area contributed by atoms with Crippen LogP contribution in [0.2, 0.25) is 5.02 Å². The molecule has 4 aliphatic rings. The second kappa shape index (κ2) is 10.6. The maximum atomic E-state index is 13.4. The molecule has 2 aromatic rings. The second-order valence-corrected chi connectivity index (χ2v) is 14.2. The van der Waals surface area contributed by atoms with Crippen molar-refractivity contribution in [3.63, 3.8) is 0 Å². The molecule has 0 radical (unpaired) electrons. The number of nitrogens with zero attached hydrogens (tertiary/aromatic N) is 1. The summed E-state index contributed by atoms with van der Waals surface area (Å²) in [5.41, 5.74) is 0.790. The number of benzene rings is 2. The van der Waals surface area contributed by atoms with Gasteiger partial charge in [0.05, 0.1) is 41.9 Å². The topological polar surface area (TPSA) is 114 Å². The van der Waals surface area contributed by atoms with E-state index in [4.69, 9.17) is 25.8 Å². The fourth-order valence-corrected chi connectivity index (χ4v) is 7.63. The second-order valence-electron chi connectivity index (χ2n) is 12.0. The van der Waals surface area contributed by atoms with Gasteiger partial charge in [0.15, 0.2) is 0 Å². The molecule has 2 aromatic carbocycles. The molecule has 3 aliphatic heterocycles. The summed E-state index contributed by atoms with van der Waals surface area (Å²) in [5, 5.41) is 11.6. The van der Waals surface area contributed by atoms with E-state index in [0.717, 1.165) is 24.0 Å². The number of carbonyl (C=O) groups excluding carboxylic acids is 1. The number of carbonyl (C=O) groups is 1. The molecule has 2 N–H and O–H groups in total. The molecule has 1 saturated carbocycles. The van der Waals surface area contributed by atoms with Gasteiger partial charge in [0.1, 0.15) is 18.0 Å². The zero-order chi connectivity index (χ0) is 29.0. The van der Waals surface area contributed by atoms with Gasteiger partial charge in [-0.25, -0.2) is 13.1 Å². The number of aliphatic hydroxyl groups is 1. The predicted octanol–water partition coefficient (Wildman–Crippen LogP) is 3.56. The largest absolute Gasteiger partial charge is 0.490 e. The SMILES string of the molecule is CC1(C)OC/C=C\[C@H](O)[C@@H]2CC[C@H]2CN2C[C@@]3(COCc4cc(Cl)ccc43)COc3ccc(cc32)S(=O)(=O)NC1=O. The number of halogens is 1. The van der Waals surface area contributed by atoms with Gasteiger partial charge in [-0.3, -0.25) is 4.79 Å². The summed E-state index contributed by atoms with van der Waals surface area (Å²) in [6, 6.07) is 10.5. The smallest absolute Gasteiger partial charge is 0.265 e. The first-order valence-corrected chi connectivity index (χ1v) is 15.8. The van der Waals surface area contributed by atoms with E-state index in [1.54, 1.807) is 24.3 Å². The third kappa shape index (κ3) is 5.36. The first-order valence-electron chi connectivity index (χ1n) is 13.9. The molecule has 0 unspecified atom stereocenters. The molecule has 0 saturated heterocycles. The highest BCUT2D eigenvalue weighted by Gasteiger charge is 2.45. The van der Waals surface area contributed by atoms with Gasteiger partial charge >= 0.3 is 0 Å². The van der Waals surface area contributed by atoms with E-state index in [1.807, 2.05) is 18.2 Å². The Kier molecular flexibility index (Phi) is 7.35. The van der Waals surface area contributed by atoms with Crippen LogP contribution in [0.25, 0.3) is 0 Å². The van der Waals surface area contributed by atoms with E-state index < -0.39 is 33.1 Å². The molecule has 1 amide bonds. The van der Waals surface area contributed by atoms with Crippen molar-refractivity contribution in [3.05, 3.63) is 64.7 Å². The van der Waals surface area contributed by atoms with Gasteiger partial charge in [0, 0.05) is 18.1 Å². The van der Waals surface area contributed by atoms with Gasteiger partial charge in [0.25, 0.3) is 15.9 Å². The third-order valence-electron chi connectivity index (χ3n) is 8.87. The Labute approximate surface area is 245 Å². The van der Waals surface area contributed by atoms with Crippen molar-refractivity contribution in [2.45, 2.75) is 55.3 Å². The molecule has 4 atom stereocenters. The lowest BCUT2D eigenvalue weighted by Gasteiger charge is -2.45. The van der Waals surface area contributed by atoms with E-state index in [9.17, 15) is 18.3 Å². The predicted molar refractivity (Wildman–Crippen MR) is 154 cm³/mol. The van der Waals surface area contributed by atoms with Crippen molar-refractivity contribution >= 4 is 33.2 Å². The summed E-state index contributed by atoms with van der Waals surface area (Å²) in [5.74, 6) is -0.0136. The summed E-state index contributed by atoms with van der Waals surface area (Å²) in [4.78, 5) is 15.1. The summed E-state index contributed by atoms with van der Waals surface area (Å²) in [7, 11) is -4.21. The van der Waals surface area contributed by atoms with Crippen molar-refractivity contribution < 1.29 is 32.5 Å². The average Bonchev–Trinajstić information content (AvgIpc) is 3.05. The Balaban J connectivity index is 1.44. The summed E-state index contributed by atoms with van der Waals surface area (Å²) in [6.07, 6.45) is 4.56. The minimum absolute atomic E-state index is 0.0413. The number of anilines is 1. The number of amides is 1. The molecule has 6 rings (SSSR count). The quantitative estimate of drug-likeness (QED) is 0.440. The maximum Gasteiger partial charge on any atom is 0.265 e. The minimum atomic E-state index is -4.21. The van der Waals surface area contributed by atoms with E-state index in [0.29, 0.717) is 49.4 Å². The Bertz CT molecular complexity index is 1490. The highest BCUT2D eigenvalue weighted by molar-refractivity contribution is 7.90. The van der Waals surface area contributed by atoms with E-state index in [-0.39, 0.29) is 23.3 Å². The van der Waals surface area contributed by atoms with Crippen molar-refractivity contribution in [1.82, 2.24) is 4.72 Å². The number of sulfonamides is 1. The fraction of sp³-hybridized carbons (Fsp3) is 0.500. The molecule has 2 bridgehead atoms. The van der Waals surface area contributed by atoms with Crippen molar-refractivity contribution in [1.29, 1.82) is 0 Å². The first-order chi connectivity index (χ1) is 19.5. The molecule has 1 fully saturated rings. The summed E-state index contributed by atoms with van der Waals surface area (Å²) in [6.45, 7) is 5.41. The van der Waals surface area contributed by atoms with Crippen LogP contribution in [0.15, 0.2) is 53.4 Å². The Morgan fingerprint density at radius 2 is 1.95 bits per heavy atom. The number of ether oxygens (including phenoxy) is 3. The van der Waals surface area contributed by atoms with Gasteiger partial charge in [-0.15, -0.1) is 0 Å². The third-order valence-corrected chi connectivity index (χ3v) is 10.4. The number of hydrogen-bond donors (Lipinski definition) is 2. The normalized spacial score (nSPS) is 31.5. The van der Waals surface area contributed by atoms with Crippen LogP contribution < -0.4 is 14.4 Å². The molecule has 0 aromatic heterocycles. The monoisotopic (exact) mass is 602 g/mol. The molecule has 1 aliphatic carbocycles. The average molecular weight is 603 g/mol. The van der Waals surface area contributed by atoms with Gasteiger partial charge in [-0.2, -0.15) is 0 Å². The number of aliphatic hydroxyl groups excluding tert-OH is 1. The lowest BCUT2D eigenvalue weighted by atomic mass is 9.70. The van der Waals surface area contributed by atoms with Crippen LogP contribution in [0.1, 0.15) is 37.8 Å². The Morgan fingerprint density at radius 1 is 1.12 bits per heavy atom. The van der Waals surface area contributed by atoms with Crippen molar-refractivity contribution in [3.8, 4) is 5.75 Å². The zero-order valence-corrected chi connectivity index (χ0v) is 24.7. The van der Waals surface area contributed by atoms with E-state index >= 15 is 0 Å².